The van der Waals surface area contributed by atoms with Crippen molar-refractivity contribution in [1.82, 2.24) is 0 Å². The zero-order chi connectivity index (χ0) is 20.4. The van der Waals surface area contributed by atoms with E-state index in [2.05, 4.69) is 12.2 Å². The van der Waals surface area contributed by atoms with Gasteiger partial charge in [0.1, 0.15) is 5.00 Å². The van der Waals surface area contributed by atoms with Gasteiger partial charge in [-0.2, -0.15) is 0 Å². The third-order valence-corrected chi connectivity index (χ3v) is 6.45. The first-order valence-corrected chi connectivity index (χ1v) is 10.1. The maximum atomic E-state index is 12.8. The van der Waals surface area contributed by atoms with Gasteiger partial charge in [-0.15, -0.1) is 11.3 Å². The number of primary amides is 1. The number of nitrogens with zero attached hydrogens (tertiary/aromatic N) is 1. The van der Waals surface area contributed by atoms with Gasteiger partial charge in [-0.3, -0.25) is 19.7 Å². The fourth-order valence-corrected chi connectivity index (χ4v) is 5.26. The highest BCUT2D eigenvalue weighted by molar-refractivity contribution is 7.17. The van der Waals surface area contributed by atoms with Crippen molar-refractivity contribution in [3.63, 3.8) is 0 Å². The summed E-state index contributed by atoms with van der Waals surface area (Å²) in [6.45, 7) is 3.70. The fraction of sp³-hybridized carbons (Fsp3) is 0.400. The third-order valence-electron chi connectivity index (χ3n) is 5.28. The number of hydrogen-bond donors (Lipinski definition) is 2. The van der Waals surface area contributed by atoms with Crippen molar-refractivity contribution in [3.8, 4) is 0 Å². The maximum Gasteiger partial charge on any atom is 0.273 e. The van der Waals surface area contributed by atoms with Gasteiger partial charge in [0.2, 0.25) is 0 Å². The molecule has 0 saturated carbocycles. The lowest BCUT2D eigenvalue weighted by atomic mass is 9.84. The number of carbonyl (C=O) groups excluding carboxylic acids is 2. The molecule has 0 bridgehead atoms. The summed E-state index contributed by atoms with van der Waals surface area (Å²) >= 11 is 1.39. The van der Waals surface area contributed by atoms with Crippen molar-refractivity contribution in [2.45, 2.75) is 46.0 Å². The molecule has 28 heavy (non-hydrogen) atoms. The molecule has 1 aliphatic carbocycles. The Morgan fingerprint density at radius 3 is 2.79 bits per heavy atom. The lowest BCUT2D eigenvalue weighted by molar-refractivity contribution is -0.385. The SMILES string of the molecule is CCCC1CCc2c(sc(NC(=O)c3cccc([N+](=O)[O-])c3C)c2C(N)=O)C1. The minimum atomic E-state index is -0.558. The van der Waals surface area contributed by atoms with Gasteiger partial charge >= 0.3 is 0 Å². The summed E-state index contributed by atoms with van der Waals surface area (Å²) in [5, 5.41) is 14.3. The molecule has 148 valence electrons. The lowest BCUT2D eigenvalue weighted by Crippen LogP contribution is -2.20. The Hall–Kier alpha value is -2.74. The van der Waals surface area contributed by atoms with Gasteiger partial charge in [0.15, 0.2) is 0 Å². The average Bonchev–Trinajstić information content (AvgIpc) is 2.99. The Labute approximate surface area is 167 Å². The highest BCUT2D eigenvalue weighted by atomic mass is 32.1. The molecule has 0 spiro atoms. The summed E-state index contributed by atoms with van der Waals surface area (Å²) in [7, 11) is 0. The van der Waals surface area contributed by atoms with Crippen LogP contribution in [0.3, 0.4) is 0 Å². The van der Waals surface area contributed by atoms with Crippen LogP contribution in [-0.4, -0.2) is 16.7 Å². The second kappa shape index (κ2) is 8.10. The van der Waals surface area contributed by atoms with Crippen LogP contribution >= 0.6 is 11.3 Å². The summed E-state index contributed by atoms with van der Waals surface area (Å²) < 4.78 is 0. The number of nitro benzene ring substituents is 1. The van der Waals surface area contributed by atoms with E-state index >= 15 is 0 Å². The van der Waals surface area contributed by atoms with Crippen LogP contribution in [0.25, 0.3) is 0 Å². The van der Waals surface area contributed by atoms with Crippen molar-refractivity contribution in [3.05, 3.63) is 55.4 Å². The van der Waals surface area contributed by atoms with Gasteiger partial charge < -0.3 is 11.1 Å². The minimum Gasteiger partial charge on any atom is -0.365 e. The van der Waals surface area contributed by atoms with Gasteiger partial charge in [0.05, 0.1) is 10.5 Å². The van der Waals surface area contributed by atoms with E-state index in [-0.39, 0.29) is 16.8 Å². The molecule has 1 unspecified atom stereocenters. The molecule has 1 heterocycles. The van der Waals surface area contributed by atoms with Crippen LogP contribution < -0.4 is 11.1 Å². The van der Waals surface area contributed by atoms with Crippen LogP contribution in [-0.2, 0) is 12.8 Å². The van der Waals surface area contributed by atoms with Gasteiger partial charge in [-0.05, 0) is 43.7 Å². The Bertz CT molecular complexity index is 951. The van der Waals surface area contributed by atoms with Gasteiger partial charge in [0, 0.05) is 22.1 Å². The largest absolute Gasteiger partial charge is 0.365 e. The smallest absolute Gasteiger partial charge is 0.273 e. The van der Waals surface area contributed by atoms with Crippen LogP contribution in [0.1, 0.15) is 62.9 Å². The second-order valence-corrected chi connectivity index (χ2v) is 8.24. The predicted octanol–water partition coefficient (Wildman–Crippen LogP) is 4.22. The first-order chi connectivity index (χ1) is 13.3. The number of hydrogen-bond acceptors (Lipinski definition) is 5. The van der Waals surface area contributed by atoms with E-state index in [1.165, 1.54) is 36.5 Å². The Morgan fingerprint density at radius 2 is 2.14 bits per heavy atom. The molecule has 1 aromatic heterocycles. The number of thiophene rings is 1. The minimum absolute atomic E-state index is 0.115. The number of carbonyl (C=O) groups is 2. The molecule has 3 rings (SSSR count). The lowest BCUT2D eigenvalue weighted by Gasteiger charge is -2.21. The second-order valence-electron chi connectivity index (χ2n) is 7.13. The molecule has 7 nitrogen and oxygen atoms in total. The van der Waals surface area contributed by atoms with Crippen molar-refractivity contribution >= 4 is 33.8 Å². The monoisotopic (exact) mass is 401 g/mol. The number of nitro groups is 1. The number of anilines is 1. The van der Waals surface area contributed by atoms with E-state index in [9.17, 15) is 19.7 Å². The van der Waals surface area contributed by atoms with E-state index in [0.717, 1.165) is 42.5 Å². The Morgan fingerprint density at radius 1 is 1.39 bits per heavy atom. The van der Waals surface area contributed by atoms with Crippen molar-refractivity contribution in [2.24, 2.45) is 11.7 Å². The van der Waals surface area contributed by atoms with E-state index in [4.69, 9.17) is 5.73 Å². The number of nitrogens with two attached hydrogens (primary N) is 1. The van der Waals surface area contributed by atoms with E-state index < -0.39 is 16.7 Å². The number of benzene rings is 1. The van der Waals surface area contributed by atoms with Gasteiger partial charge in [-0.25, -0.2) is 0 Å². The van der Waals surface area contributed by atoms with Crippen molar-refractivity contribution < 1.29 is 14.5 Å². The summed E-state index contributed by atoms with van der Waals surface area (Å²) in [5.41, 5.74) is 7.31. The molecule has 1 aromatic carbocycles. The molecular weight excluding hydrogens is 378 g/mol. The maximum absolute atomic E-state index is 12.8. The predicted molar refractivity (Wildman–Crippen MR) is 109 cm³/mol. The van der Waals surface area contributed by atoms with Crippen LogP contribution in [0.2, 0.25) is 0 Å². The zero-order valence-electron chi connectivity index (χ0n) is 15.9. The standard InChI is InChI=1S/C20H23N3O4S/c1-3-5-12-8-9-14-16(10-12)28-20(17(14)18(21)24)22-19(25)13-6-4-7-15(11(13)2)23(26)27/h4,6-7,12H,3,5,8-10H2,1-2H3,(H2,21,24)(H,22,25). The number of rotatable bonds is 6. The van der Waals surface area contributed by atoms with Crippen LogP contribution in [0.4, 0.5) is 10.7 Å². The van der Waals surface area contributed by atoms with E-state index in [1.807, 2.05) is 0 Å². The van der Waals surface area contributed by atoms with E-state index in [1.54, 1.807) is 0 Å². The molecular formula is C20H23N3O4S. The van der Waals surface area contributed by atoms with Gasteiger partial charge in [0.25, 0.3) is 17.5 Å². The van der Waals surface area contributed by atoms with Crippen molar-refractivity contribution in [2.75, 3.05) is 5.32 Å². The molecule has 3 N–H and O–H groups in total. The topological polar surface area (TPSA) is 115 Å². The van der Waals surface area contributed by atoms with Crippen molar-refractivity contribution in [1.29, 1.82) is 0 Å². The fourth-order valence-electron chi connectivity index (χ4n) is 3.90. The first-order valence-electron chi connectivity index (χ1n) is 9.33. The molecule has 8 heteroatoms. The molecule has 2 aromatic rings. The zero-order valence-corrected chi connectivity index (χ0v) is 16.7. The highest BCUT2D eigenvalue weighted by Crippen LogP contribution is 2.40. The van der Waals surface area contributed by atoms with E-state index in [0.29, 0.717) is 16.5 Å². The Balaban J connectivity index is 1.93. The Kier molecular flexibility index (Phi) is 5.79. The molecule has 2 amide bonds. The summed E-state index contributed by atoms with van der Waals surface area (Å²) in [6.07, 6.45) is 4.93. The molecule has 0 radical (unpaired) electrons. The first kappa shape index (κ1) is 20.0. The molecule has 0 saturated heterocycles. The normalized spacial score (nSPS) is 15.7. The quantitative estimate of drug-likeness (QED) is 0.557. The molecule has 1 aliphatic rings. The molecule has 0 aliphatic heterocycles. The highest BCUT2D eigenvalue weighted by Gasteiger charge is 2.29. The molecule has 0 fully saturated rings. The van der Waals surface area contributed by atoms with Crippen LogP contribution in [0.5, 0.6) is 0 Å². The summed E-state index contributed by atoms with van der Waals surface area (Å²) in [6, 6.07) is 4.37. The average molecular weight is 401 g/mol. The summed E-state index contributed by atoms with van der Waals surface area (Å²) in [5.74, 6) is -0.454. The van der Waals surface area contributed by atoms with Crippen LogP contribution in [0.15, 0.2) is 18.2 Å². The number of amides is 2. The number of fused-ring (bicyclic) bond motifs is 1. The third kappa shape index (κ3) is 3.77. The van der Waals surface area contributed by atoms with Crippen LogP contribution in [0, 0.1) is 23.0 Å². The molecule has 1 atom stereocenters. The summed E-state index contributed by atoms with van der Waals surface area (Å²) in [4.78, 5) is 36.6. The number of nitrogens with one attached hydrogen (secondary N) is 1. The van der Waals surface area contributed by atoms with Gasteiger partial charge in [-0.1, -0.05) is 25.8 Å².